The van der Waals surface area contributed by atoms with Crippen molar-refractivity contribution < 1.29 is 23.1 Å². The molecule has 0 radical (unpaired) electrons. The fourth-order valence-corrected chi connectivity index (χ4v) is 1.97. The van der Waals surface area contributed by atoms with Crippen LogP contribution in [0.25, 0.3) is 11.0 Å². The van der Waals surface area contributed by atoms with E-state index in [0.717, 1.165) is 0 Å². The molecule has 0 bridgehead atoms. The van der Waals surface area contributed by atoms with Gasteiger partial charge in [0.2, 0.25) is 0 Å². The maximum absolute atomic E-state index is 12.6. The number of halogens is 2. The quantitative estimate of drug-likeness (QED) is 0.829. The topological polar surface area (TPSA) is 84.1 Å². The number of aromatic nitrogens is 2. The molecule has 2 rings (SSSR count). The lowest BCUT2D eigenvalue weighted by molar-refractivity contribution is -0.141. The van der Waals surface area contributed by atoms with E-state index in [4.69, 9.17) is 0 Å². The van der Waals surface area contributed by atoms with E-state index < -0.39 is 30.2 Å². The molecule has 2 aromatic rings. The van der Waals surface area contributed by atoms with E-state index in [1.165, 1.54) is 25.3 Å². The van der Waals surface area contributed by atoms with Crippen molar-refractivity contribution in [3.8, 4) is 0 Å². The summed E-state index contributed by atoms with van der Waals surface area (Å²) in [5, 5.41) is 2.63. The van der Waals surface area contributed by atoms with E-state index in [9.17, 15) is 18.4 Å². The molecule has 1 amide bonds. The molecule has 0 fully saturated rings. The normalized spacial score (nSPS) is 12.4. The largest absolute Gasteiger partial charge is 0.469 e. The first-order chi connectivity index (χ1) is 10.4. The molecular formula is C14H15F2N3O3. The highest BCUT2D eigenvalue weighted by atomic mass is 19.3. The summed E-state index contributed by atoms with van der Waals surface area (Å²) in [6, 6.07) is 4.00. The van der Waals surface area contributed by atoms with Gasteiger partial charge in [0.05, 0.1) is 24.6 Å². The highest BCUT2D eigenvalue weighted by Gasteiger charge is 2.16. The lowest BCUT2D eigenvalue weighted by atomic mass is 10.1. The first kappa shape index (κ1) is 15.9. The number of fused-ring (bicyclic) bond motifs is 1. The number of H-pyrrole nitrogens is 1. The fraction of sp³-hybridized carbons (Fsp3) is 0.357. The molecule has 0 spiro atoms. The third-order valence-corrected chi connectivity index (χ3v) is 3.05. The number of ether oxygens (including phenoxy) is 1. The number of carbonyl (C=O) groups excluding carboxylic acids is 2. The van der Waals surface area contributed by atoms with Gasteiger partial charge in [0.25, 0.3) is 12.3 Å². The Kier molecular flexibility index (Phi) is 4.69. The van der Waals surface area contributed by atoms with Gasteiger partial charge in [-0.2, -0.15) is 0 Å². The lowest BCUT2D eigenvalue weighted by Crippen LogP contribution is -2.34. The monoisotopic (exact) mass is 311 g/mol. The van der Waals surface area contributed by atoms with Crippen LogP contribution in [0.5, 0.6) is 0 Å². The number of rotatable bonds is 5. The van der Waals surface area contributed by atoms with Gasteiger partial charge in [0.1, 0.15) is 0 Å². The van der Waals surface area contributed by atoms with Crippen LogP contribution < -0.4 is 5.32 Å². The molecular weight excluding hydrogens is 296 g/mol. The van der Waals surface area contributed by atoms with Gasteiger partial charge in [0, 0.05) is 11.6 Å². The van der Waals surface area contributed by atoms with Crippen molar-refractivity contribution in [2.24, 2.45) is 0 Å². The molecule has 22 heavy (non-hydrogen) atoms. The summed E-state index contributed by atoms with van der Waals surface area (Å²) in [5.41, 5.74) is 0.992. The Bertz CT molecular complexity index is 700. The van der Waals surface area contributed by atoms with Crippen molar-refractivity contribution in [3.63, 3.8) is 0 Å². The first-order valence-electron chi connectivity index (χ1n) is 6.56. The van der Waals surface area contributed by atoms with Crippen LogP contribution in [0.2, 0.25) is 0 Å². The zero-order valence-electron chi connectivity index (χ0n) is 12.0. The Morgan fingerprint density at radius 3 is 2.77 bits per heavy atom. The molecule has 0 aliphatic carbocycles. The number of aromatic amines is 1. The van der Waals surface area contributed by atoms with Crippen LogP contribution in [0, 0.1) is 0 Å². The number of hydrogen-bond donors (Lipinski definition) is 2. The van der Waals surface area contributed by atoms with Crippen LogP contribution in [0.1, 0.15) is 36.0 Å². The Morgan fingerprint density at radius 2 is 2.14 bits per heavy atom. The van der Waals surface area contributed by atoms with Gasteiger partial charge in [-0.25, -0.2) is 13.8 Å². The number of imidazole rings is 1. The van der Waals surface area contributed by atoms with Crippen molar-refractivity contribution in [1.29, 1.82) is 0 Å². The van der Waals surface area contributed by atoms with E-state index >= 15 is 0 Å². The summed E-state index contributed by atoms with van der Waals surface area (Å²) < 4.78 is 29.7. The van der Waals surface area contributed by atoms with Crippen LogP contribution in [-0.4, -0.2) is 35.0 Å². The molecule has 0 saturated heterocycles. The average molecular weight is 311 g/mol. The third-order valence-electron chi connectivity index (χ3n) is 3.05. The molecule has 1 atom stereocenters. The number of hydrogen-bond acceptors (Lipinski definition) is 4. The van der Waals surface area contributed by atoms with E-state index in [0.29, 0.717) is 11.0 Å². The lowest BCUT2D eigenvalue weighted by Gasteiger charge is -2.12. The van der Waals surface area contributed by atoms with Crippen molar-refractivity contribution in [2.75, 3.05) is 7.11 Å². The Morgan fingerprint density at radius 1 is 1.41 bits per heavy atom. The fourth-order valence-electron chi connectivity index (χ4n) is 1.97. The molecule has 118 valence electrons. The van der Waals surface area contributed by atoms with Crippen molar-refractivity contribution >= 4 is 22.9 Å². The smallest absolute Gasteiger partial charge is 0.307 e. The van der Waals surface area contributed by atoms with Gasteiger partial charge >= 0.3 is 5.97 Å². The number of alkyl halides is 2. The number of nitrogens with zero attached hydrogens (tertiary/aromatic N) is 1. The minimum Gasteiger partial charge on any atom is -0.469 e. The predicted molar refractivity (Wildman–Crippen MR) is 74.6 cm³/mol. The van der Waals surface area contributed by atoms with Crippen LogP contribution in [0.15, 0.2) is 18.2 Å². The number of nitrogens with one attached hydrogen (secondary N) is 2. The third kappa shape index (κ3) is 3.57. The Labute approximate surface area is 124 Å². The number of carbonyl (C=O) groups is 2. The van der Waals surface area contributed by atoms with Crippen LogP contribution >= 0.6 is 0 Å². The summed E-state index contributed by atoms with van der Waals surface area (Å²) in [5.74, 6) is -1.28. The minimum atomic E-state index is -2.70. The van der Waals surface area contributed by atoms with Crippen LogP contribution in [0.3, 0.4) is 0 Å². The summed E-state index contributed by atoms with van der Waals surface area (Å²) >= 11 is 0. The molecule has 8 heteroatoms. The van der Waals surface area contributed by atoms with Gasteiger partial charge in [-0.15, -0.1) is 0 Å². The Hall–Kier alpha value is -2.51. The predicted octanol–water partition coefficient (Wildman–Crippen LogP) is 2.18. The summed E-state index contributed by atoms with van der Waals surface area (Å²) in [4.78, 5) is 29.4. The maximum atomic E-state index is 12.6. The zero-order valence-corrected chi connectivity index (χ0v) is 12.0. The molecule has 1 aromatic carbocycles. The molecule has 6 nitrogen and oxygen atoms in total. The minimum absolute atomic E-state index is 0.0457. The highest BCUT2D eigenvalue weighted by molar-refractivity contribution is 5.97. The summed E-state index contributed by atoms with van der Waals surface area (Å²) in [6.45, 7) is 1.67. The van der Waals surface area contributed by atoms with Gasteiger partial charge in [-0.1, -0.05) is 0 Å². The number of esters is 1. The second kappa shape index (κ2) is 6.50. The Balaban J connectivity index is 2.12. The van der Waals surface area contributed by atoms with Gasteiger partial charge in [-0.3, -0.25) is 9.59 Å². The highest BCUT2D eigenvalue weighted by Crippen LogP contribution is 2.20. The standard InChI is InChI=1S/C14H15F2N3O3/c1-7(5-11(20)22-2)17-14(21)8-3-4-9-10(6-8)19-13(18-9)12(15)16/h3-4,6-7,12H,5H2,1-2H3,(H,17,21)(H,18,19)/t7-/m1/s1. The molecule has 0 aliphatic heterocycles. The van der Waals surface area contributed by atoms with E-state index in [2.05, 4.69) is 20.0 Å². The van der Waals surface area contributed by atoms with Gasteiger partial charge in [0.15, 0.2) is 5.82 Å². The first-order valence-corrected chi connectivity index (χ1v) is 6.56. The molecule has 2 N–H and O–H groups in total. The molecule has 0 unspecified atom stereocenters. The SMILES string of the molecule is COC(=O)C[C@@H](C)NC(=O)c1ccc2nc(C(F)F)[nH]c2c1. The zero-order chi connectivity index (χ0) is 16.3. The molecule has 1 heterocycles. The van der Waals surface area contributed by atoms with E-state index in [1.54, 1.807) is 6.92 Å². The summed E-state index contributed by atoms with van der Waals surface area (Å²) in [7, 11) is 1.27. The van der Waals surface area contributed by atoms with Gasteiger partial charge in [-0.05, 0) is 25.1 Å². The number of amides is 1. The summed E-state index contributed by atoms with van der Waals surface area (Å²) in [6.07, 6.45) is -2.66. The molecule has 0 aliphatic rings. The second-order valence-corrected chi connectivity index (χ2v) is 4.81. The molecule has 0 saturated carbocycles. The maximum Gasteiger partial charge on any atom is 0.307 e. The molecule has 1 aromatic heterocycles. The van der Waals surface area contributed by atoms with Crippen molar-refractivity contribution in [3.05, 3.63) is 29.6 Å². The van der Waals surface area contributed by atoms with E-state index in [-0.39, 0.29) is 12.0 Å². The number of benzene rings is 1. The van der Waals surface area contributed by atoms with Crippen LogP contribution in [-0.2, 0) is 9.53 Å². The van der Waals surface area contributed by atoms with Crippen LogP contribution in [0.4, 0.5) is 8.78 Å². The number of methoxy groups -OCH3 is 1. The second-order valence-electron chi connectivity index (χ2n) is 4.81. The van der Waals surface area contributed by atoms with Crippen molar-refractivity contribution in [2.45, 2.75) is 25.8 Å². The average Bonchev–Trinajstić information content (AvgIpc) is 2.89. The van der Waals surface area contributed by atoms with Crippen molar-refractivity contribution in [1.82, 2.24) is 15.3 Å². The van der Waals surface area contributed by atoms with Gasteiger partial charge < -0.3 is 15.0 Å². The van der Waals surface area contributed by atoms with E-state index in [1.807, 2.05) is 0 Å².